The molecule has 1 aromatic carbocycles. The van der Waals surface area contributed by atoms with Crippen molar-refractivity contribution in [2.45, 2.75) is 25.2 Å². The lowest BCUT2D eigenvalue weighted by Crippen LogP contribution is -2.15. The quantitative estimate of drug-likeness (QED) is 0.513. The number of rotatable bonds is 6. The summed E-state index contributed by atoms with van der Waals surface area (Å²) in [6.07, 6.45) is 3.56. The van der Waals surface area contributed by atoms with Crippen LogP contribution >= 0.6 is 0 Å². The van der Waals surface area contributed by atoms with Crippen LogP contribution < -0.4 is 4.72 Å². The monoisotopic (exact) mass is 411 g/mol. The molecule has 3 heterocycles. The van der Waals surface area contributed by atoms with Gasteiger partial charge in [-0.05, 0) is 37.6 Å². The number of aromatic nitrogens is 4. The van der Waals surface area contributed by atoms with Crippen LogP contribution in [0.5, 0.6) is 0 Å². The highest BCUT2D eigenvalue weighted by molar-refractivity contribution is 7.92. The van der Waals surface area contributed by atoms with Gasteiger partial charge in [0.25, 0.3) is 10.0 Å². The molecule has 0 aliphatic rings. The van der Waals surface area contributed by atoms with Crippen molar-refractivity contribution in [2.75, 3.05) is 4.72 Å². The first kappa shape index (κ1) is 18.8. The minimum Gasteiger partial charge on any atom is -0.360 e. The summed E-state index contributed by atoms with van der Waals surface area (Å²) in [4.78, 5) is 8.44. The molecule has 1 N–H and O–H groups in total. The molecule has 0 bridgehead atoms. The fraction of sp³-hybridized carbons (Fsp3) is 0.158. The van der Waals surface area contributed by atoms with Crippen LogP contribution in [0.4, 0.5) is 5.69 Å². The smallest absolute Gasteiger partial charge is 0.267 e. The van der Waals surface area contributed by atoms with E-state index in [9.17, 15) is 8.42 Å². The molecule has 0 fully saturated rings. The molecular weight excluding hydrogens is 394 g/mol. The molecule has 29 heavy (non-hydrogen) atoms. The molecule has 3 aromatic heterocycles. The predicted molar refractivity (Wildman–Crippen MR) is 104 cm³/mol. The maximum atomic E-state index is 12.8. The molecule has 0 saturated heterocycles. The van der Waals surface area contributed by atoms with Crippen LogP contribution in [0.15, 0.2) is 62.7 Å². The first-order valence-corrected chi connectivity index (χ1v) is 10.2. The minimum atomic E-state index is -3.87. The number of nitrogens with one attached hydrogen (secondary N) is 1. The van der Waals surface area contributed by atoms with Gasteiger partial charge in [-0.1, -0.05) is 28.5 Å². The van der Waals surface area contributed by atoms with Crippen molar-refractivity contribution in [1.82, 2.24) is 20.3 Å². The van der Waals surface area contributed by atoms with Crippen LogP contribution in [0.25, 0.3) is 11.4 Å². The average molecular weight is 411 g/mol. The summed E-state index contributed by atoms with van der Waals surface area (Å²) in [5, 5.41) is 7.68. The summed E-state index contributed by atoms with van der Waals surface area (Å²) in [5.74, 6) is 1.00. The number of sulfonamides is 1. The van der Waals surface area contributed by atoms with Gasteiger partial charge in [0.05, 0.1) is 12.1 Å². The number of nitrogens with zero attached hydrogens (tertiary/aromatic N) is 4. The van der Waals surface area contributed by atoms with E-state index in [0.717, 1.165) is 5.56 Å². The third kappa shape index (κ3) is 3.87. The van der Waals surface area contributed by atoms with E-state index in [-0.39, 0.29) is 17.1 Å². The molecule has 0 atom stereocenters. The minimum absolute atomic E-state index is 0.0314. The second-order valence-electron chi connectivity index (χ2n) is 6.35. The fourth-order valence-electron chi connectivity index (χ4n) is 2.93. The summed E-state index contributed by atoms with van der Waals surface area (Å²) < 4.78 is 38.6. The molecule has 0 unspecified atom stereocenters. The summed E-state index contributed by atoms with van der Waals surface area (Å²) in [6, 6.07) is 10.6. The number of benzene rings is 1. The summed E-state index contributed by atoms with van der Waals surface area (Å²) >= 11 is 0. The molecule has 10 heteroatoms. The molecule has 4 aromatic rings. The van der Waals surface area contributed by atoms with Crippen molar-refractivity contribution in [1.29, 1.82) is 0 Å². The van der Waals surface area contributed by atoms with E-state index in [4.69, 9.17) is 9.05 Å². The van der Waals surface area contributed by atoms with E-state index < -0.39 is 10.0 Å². The molecule has 0 saturated carbocycles. The number of anilines is 1. The lowest BCUT2D eigenvalue weighted by molar-refractivity contribution is 0.386. The molecule has 9 nitrogen and oxygen atoms in total. The maximum Gasteiger partial charge on any atom is 0.267 e. The first-order chi connectivity index (χ1) is 13.9. The molecule has 0 spiro atoms. The number of hydrogen-bond donors (Lipinski definition) is 1. The van der Waals surface area contributed by atoms with E-state index in [0.29, 0.717) is 28.7 Å². The van der Waals surface area contributed by atoms with Gasteiger partial charge in [0, 0.05) is 18.0 Å². The molecule has 0 aliphatic heterocycles. The normalized spacial score (nSPS) is 11.5. The molecule has 0 aliphatic carbocycles. The average Bonchev–Trinajstić information content (AvgIpc) is 3.30. The van der Waals surface area contributed by atoms with Gasteiger partial charge in [0.15, 0.2) is 10.7 Å². The Hall–Kier alpha value is -3.53. The van der Waals surface area contributed by atoms with E-state index in [1.54, 1.807) is 56.6 Å². The van der Waals surface area contributed by atoms with Crippen LogP contribution in [-0.4, -0.2) is 28.7 Å². The van der Waals surface area contributed by atoms with Gasteiger partial charge < -0.3 is 9.05 Å². The Morgan fingerprint density at radius 3 is 2.59 bits per heavy atom. The lowest BCUT2D eigenvalue weighted by atomic mass is 10.1. The van der Waals surface area contributed by atoms with E-state index in [1.165, 1.54) is 0 Å². The number of para-hydroxylation sites is 1. The number of hydrogen-bond acceptors (Lipinski definition) is 8. The standard InChI is InChI=1S/C19H17N5O4S/c1-12-18(13(2)27-22-12)29(25,26)24-16-8-4-3-6-14(16)10-17-21-19(23-28-17)15-7-5-9-20-11-15/h3-9,11,24H,10H2,1-2H3. The van der Waals surface area contributed by atoms with Gasteiger partial charge in [-0.15, -0.1) is 0 Å². The SMILES string of the molecule is Cc1noc(C)c1S(=O)(=O)Nc1ccccc1Cc1nc(-c2cccnc2)no1. The van der Waals surface area contributed by atoms with E-state index in [2.05, 4.69) is 25.0 Å². The maximum absolute atomic E-state index is 12.8. The predicted octanol–water partition coefficient (Wildman–Crippen LogP) is 3.13. The van der Waals surface area contributed by atoms with Crippen LogP contribution in [0.1, 0.15) is 22.9 Å². The summed E-state index contributed by atoms with van der Waals surface area (Å²) in [7, 11) is -3.87. The van der Waals surface area contributed by atoms with Crippen LogP contribution in [0.3, 0.4) is 0 Å². The Kier molecular flexibility index (Phi) is 4.85. The van der Waals surface area contributed by atoms with Crippen molar-refractivity contribution in [3.05, 3.63) is 71.7 Å². The fourth-order valence-corrected chi connectivity index (χ4v) is 4.36. The number of aryl methyl sites for hydroxylation is 2. The zero-order chi connectivity index (χ0) is 20.4. The van der Waals surface area contributed by atoms with Crippen molar-refractivity contribution in [3.63, 3.8) is 0 Å². The zero-order valence-corrected chi connectivity index (χ0v) is 16.5. The van der Waals surface area contributed by atoms with Crippen LogP contribution in [-0.2, 0) is 16.4 Å². The highest BCUT2D eigenvalue weighted by atomic mass is 32.2. The van der Waals surface area contributed by atoms with Crippen molar-refractivity contribution in [2.24, 2.45) is 0 Å². The Labute approximate surface area is 166 Å². The van der Waals surface area contributed by atoms with Gasteiger partial charge in [-0.3, -0.25) is 9.71 Å². The van der Waals surface area contributed by atoms with E-state index >= 15 is 0 Å². The molecule has 148 valence electrons. The summed E-state index contributed by atoms with van der Waals surface area (Å²) in [5.41, 5.74) is 2.12. The Morgan fingerprint density at radius 2 is 1.86 bits per heavy atom. The van der Waals surface area contributed by atoms with Gasteiger partial charge in [-0.2, -0.15) is 4.98 Å². The second kappa shape index (κ2) is 7.47. The Balaban J connectivity index is 1.61. The lowest BCUT2D eigenvalue weighted by Gasteiger charge is -2.11. The van der Waals surface area contributed by atoms with Crippen LogP contribution in [0, 0.1) is 13.8 Å². The van der Waals surface area contributed by atoms with Crippen molar-refractivity contribution >= 4 is 15.7 Å². The van der Waals surface area contributed by atoms with Crippen molar-refractivity contribution in [3.8, 4) is 11.4 Å². The molecule has 0 amide bonds. The molecular formula is C19H17N5O4S. The molecule has 4 rings (SSSR count). The third-order valence-electron chi connectivity index (χ3n) is 4.23. The Bertz CT molecular complexity index is 1230. The first-order valence-electron chi connectivity index (χ1n) is 8.70. The van der Waals surface area contributed by atoms with Gasteiger partial charge in [-0.25, -0.2) is 8.42 Å². The van der Waals surface area contributed by atoms with Crippen molar-refractivity contribution < 1.29 is 17.5 Å². The highest BCUT2D eigenvalue weighted by Gasteiger charge is 2.25. The van der Waals surface area contributed by atoms with E-state index in [1.807, 2.05) is 6.07 Å². The third-order valence-corrected chi connectivity index (χ3v) is 5.84. The van der Waals surface area contributed by atoms with Crippen LogP contribution in [0.2, 0.25) is 0 Å². The topological polar surface area (TPSA) is 124 Å². The second-order valence-corrected chi connectivity index (χ2v) is 7.97. The molecule has 0 radical (unpaired) electrons. The van der Waals surface area contributed by atoms with Gasteiger partial charge >= 0.3 is 0 Å². The van der Waals surface area contributed by atoms with Gasteiger partial charge in [0.2, 0.25) is 11.7 Å². The summed E-state index contributed by atoms with van der Waals surface area (Å²) in [6.45, 7) is 3.13. The zero-order valence-electron chi connectivity index (χ0n) is 15.7. The largest absolute Gasteiger partial charge is 0.360 e. The highest BCUT2D eigenvalue weighted by Crippen LogP contribution is 2.26. The van der Waals surface area contributed by atoms with Gasteiger partial charge in [0.1, 0.15) is 5.69 Å². The number of pyridine rings is 1. The Morgan fingerprint density at radius 1 is 1.03 bits per heavy atom.